The van der Waals surface area contributed by atoms with Crippen molar-refractivity contribution >= 4 is 11.6 Å². The topological polar surface area (TPSA) is 35.8 Å². The summed E-state index contributed by atoms with van der Waals surface area (Å²) in [5, 5.41) is 10.4. The molecule has 0 aliphatic rings. The molecule has 0 fully saturated rings. The lowest BCUT2D eigenvalue weighted by molar-refractivity contribution is 0.893. The fourth-order valence-corrected chi connectivity index (χ4v) is 0.198. The van der Waals surface area contributed by atoms with Crippen LogP contribution in [0.2, 0.25) is 0 Å². The molecule has 0 aromatic rings. The molecule has 0 unspecified atom stereocenters. The molecule has 0 saturated carbocycles. The monoisotopic (exact) mass is 104 g/mol. The van der Waals surface area contributed by atoms with Crippen LogP contribution < -0.4 is 5.32 Å². The molecule has 0 aromatic heterocycles. The van der Waals surface area contributed by atoms with Crippen molar-refractivity contribution in [1.29, 1.82) is 5.26 Å². The predicted molar refractivity (Wildman–Crippen MR) is 24.3 cm³/mol. The Bertz CT molecular complexity index is 56.3. The Morgan fingerprint density at radius 1 is 1.83 bits per heavy atom. The van der Waals surface area contributed by atoms with Crippen LogP contribution in [0.4, 0.5) is 0 Å². The molecule has 0 aliphatic heterocycles. The van der Waals surface area contributed by atoms with Gasteiger partial charge in [0.1, 0.15) is 0 Å². The first kappa shape index (κ1) is 5.74. The van der Waals surface area contributed by atoms with Crippen LogP contribution in [0, 0.1) is 11.3 Å². The Morgan fingerprint density at radius 2 is 2.50 bits per heavy atom. The SMILES string of the molecule is N#CCNCCl. The molecule has 34 valence electrons. The van der Waals surface area contributed by atoms with E-state index in [-0.39, 0.29) is 0 Å². The number of rotatable bonds is 2. The number of nitriles is 1. The van der Waals surface area contributed by atoms with Gasteiger partial charge in [0, 0.05) is 0 Å². The molecule has 0 bridgehead atoms. The van der Waals surface area contributed by atoms with Gasteiger partial charge < -0.3 is 0 Å². The fourth-order valence-electron chi connectivity index (χ4n) is 0.103. The van der Waals surface area contributed by atoms with Crippen LogP contribution in [0.25, 0.3) is 0 Å². The van der Waals surface area contributed by atoms with Crippen molar-refractivity contribution in [2.45, 2.75) is 0 Å². The smallest absolute Gasteiger partial charge is 0.0850 e. The van der Waals surface area contributed by atoms with Crippen molar-refractivity contribution in [3.8, 4) is 6.07 Å². The van der Waals surface area contributed by atoms with Crippen molar-refractivity contribution in [2.24, 2.45) is 0 Å². The standard InChI is InChI=1S/C3H5ClN2/c4-3-6-2-1-5/h6H,2-3H2. The second-order valence-electron chi connectivity index (χ2n) is 0.719. The van der Waals surface area contributed by atoms with Gasteiger partial charge in [-0.3, -0.25) is 5.32 Å². The molecule has 0 radical (unpaired) electrons. The molecule has 0 rings (SSSR count). The van der Waals surface area contributed by atoms with Gasteiger partial charge in [-0.25, -0.2) is 0 Å². The van der Waals surface area contributed by atoms with E-state index >= 15 is 0 Å². The van der Waals surface area contributed by atoms with E-state index in [1.54, 1.807) is 0 Å². The number of halogens is 1. The summed E-state index contributed by atoms with van der Waals surface area (Å²) in [6, 6.07) is 2.23. The number of hydrogen-bond donors (Lipinski definition) is 1. The first-order valence-corrected chi connectivity index (χ1v) is 2.09. The molecular formula is C3H5ClN2. The highest BCUT2D eigenvalue weighted by Gasteiger charge is 1.71. The van der Waals surface area contributed by atoms with Crippen LogP contribution >= 0.6 is 11.6 Å². The number of alkyl halides is 1. The molecule has 0 spiro atoms. The van der Waals surface area contributed by atoms with Crippen LogP contribution in [-0.2, 0) is 0 Å². The zero-order valence-electron chi connectivity index (χ0n) is 3.24. The van der Waals surface area contributed by atoms with E-state index in [9.17, 15) is 0 Å². The minimum atomic E-state index is 0.337. The summed E-state index contributed by atoms with van der Waals surface area (Å²) in [4.78, 5) is 0. The number of nitrogens with one attached hydrogen (secondary N) is 1. The summed E-state index contributed by atoms with van der Waals surface area (Å²) in [6.45, 7) is 0.337. The highest BCUT2D eigenvalue weighted by Crippen LogP contribution is 1.61. The third-order valence-corrected chi connectivity index (χ3v) is 0.488. The maximum absolute atomic E-state index is 7.83. The second-order valence-corrected chi connectivity index (χ2v) is 0.986. The van der Waals surface area contributed by atoms with E-state index in [0.29, 0.717) is 12.5 Å². The molecular weight excluding hydrogens is 99.5 g/mol. The van der Waals surface area contributed by atoms with Gasteiger partial charge in [0.2, 0.25) is 0 Å². The van der Waals surface area contributed by atoms with Crippen molar-refractivity contribution < 1.29 is 0 Å². The van der Waals surface area contributed by atoms with E-state index in [4.69, 9.17) is 16.9 Å². The lowest BCUT2D eigenvalue weighted by Crippen LogP contribution is -2.09. The molecule has 0 atom stereocenters. The Hall–Kier alpha value is -0.260. The van der Waals surface area contributed by atoms with Gasteiger partial charge in [-0.2, -0.15) is 5.26 Å². The summed E-state index contributed by atoms with van der Waals surface area (Å²) >= 11 is 5.12. The van der Waals surface area contributed by atoms with Crippen molar-refractivity contribution in [3.63, 3.8) is 0 Å². The van der Waals surface area contributed by atoms with Gasteiger partial charge in [-0.05, 0) is 0 Å². The van der Waals surface area contributed by atoms with E-state index in [2.05, 4.69) is 5.32 Å². The zero-order chi connectivity index (χ0) is 4.83. The Kier molecular flexibility index (Phi) is 4.53. The van der Waals surface area contributed by atoms with E-state index in [1.165, 1.54) is 0 Å². The summed E-state index contributed by atoms with van der Waals surface area (Å²) in [7, 11) is 0. The summed E-state index contributed by atoms with van der Waals surface area (Å²) in [6.07, 6.45) is 0. The summed E-state index contributed by atoms with van der Waals surface area (Å²) in [5.74, 6) is 0. The Balaban J connectivity index is 2.54. The first-order valence-electron chi connectivity index (χ1n) is 1.55. The number of nitrogens with zero attached hydrogens (tertiary/aromatic N) is 1. The van der Waals surface area contributed by atoms with Crippen molar-refractivity contribution in [3.05, 3.63) is 0 Å². The van der Waals surface area contributed by atoms with Crippen LogP contribution in [0.15, 0.2) is 0 Å². The van der Waals surface area contributed by atoms with E-state index < -0.39 is 0 Å². The van der Waals surface area contributed by atoms with E-state index in [0.717, 1.165) is 0 Å². The van der Waals surface area contributed by atoms with E-state index in [1.807, 2.05) is 6.07 Å². The molecule has 6 heavy (non-hydrogen) atoms. The van der Waals surface area contributed by atoms with Crippen LogP contribution in [0.5, 0.6) is 0 Å². The fraction of sp³-hybridized carbons (Fsp3) is 0.667. The average Bonchev–Trinajstić information content (AvgIpc) is 1.61. The van der Waals surface area contributed by atoms with Gasteiger partial charge in [0.05, 0.1) is 18.6 Å². The normalized spacial score (nSPS) is 7.33. The van der Waals surface area contributed by atoms with Crippen molar-refractivity contribution in [2.75, 3.05) is 12.5 Å². The Morgan fingerprint density at radius 3 is 2.67 bits per heavy atom. The van der Waals surface area contributed by atoms with Gasteiger partial charge in [-0.15, -0.1) is 11.6 Å². The molecule has 0 heterocycles. The maximum atomic E-state index is 7.83. The number of hydrogen-bond acceptors (Lipinski definition) is 2. The summed E-state index contributed by atoms with van der Waals surface area (Å²) in [5.41, 5.74) is 0. The first-order chi connectivity index (χ1) is 2.91. The molecule has 3 heteroatoms. The van der Waals surface area contributed by atoms with Crippen LogP contribution in [0.1, 0.15) is 0 Å². The molecule has 0 aliphatic carbocycles. The average molecular weight is 105 g/mol. The van der Waals surface area contributed by atoms with Gasteiger partial charge in [-0.1, -0.05) is 0 Å². The largest absolute Gasteiger partial charge is 0.291 e. The zero-order valence-corrected chi connectivity index (χ0v) is 4.00. The van der Waals surface area contributed by atoms with Crippen LogP contribution in [0.3, 0.4) is 0 Å². The van der Waals surface area contributed by atoms with Crippen LogP contribution in [-0.4, -0.2) is 12.5 Å². The predicted octanol–water partition coefficient (Wildman–Crippen LogP) is 0.296. The Labute approximate surface area is 41.7 Å². The van der Waals surface area contributed by atoms with Gasteiger partial charge in [0.25, 0.3) is 0 Å². The third kappa shape index (κ3) is 3.74. The maximum Gasteiger partial charge on any atom is 0.0850 e. The third-order valence-electron chi connectivity index (χ3n) is 0.299. The molecule has 2 nitrogen and oxygen atoms in total. The second kappa shape index (κ2) is 4.74. The van der Waals surface area contributed by atoms with Gasteiger partial charge in [0.15, 0.2) is 0 Å². The molecule has 0 saturated heterocycles. The molecule has 1 N–H and O–H groups in total. The molecule has 0 aromatic carbocycles. The minimum absolute atomic E-state index is 0.337. The van der Waals surface area contributed by atoms with Crippen molar-refractivity contribution in [1.82, 2.24) is 5.32 Å². The highest BCUT2D eigenvalue weighted by atomic mass is 35.5. The quantitative estimate of drug-likeness (QED) is 0.237. The summed E-state index contributed by atoms with van der Waals surface area (Å²) < 4.78 is 0. The lowest BCUT2D eigenvalue weighted by Gasteiger charge is -1.82. The molecule has 0 amide bonds. The lowest BCUT2D eigenvalue weighted by atomic mass is 10.7. The highest BCUT2D eigenvalue weighted by molar-refractivity contribution is 6.17. The minimum Gasteiger partial charge on any atom is -0.291 e. The van der Waals surface area contributed by atoms with Gasteiger partial charge >= 0.3 is 0 Å².